The lowest BCUT2D eigenvalue weighted by atomic mass is 9.82. The smallest absolute Gasteiger partial charge is 0.307 e. The number of rotatable bonds is 4. The second-order valence-electron chi connectivity index (χ2n) is 7.06. The molecule has 0 heterocycles. The quantitative estimate of drug-likeness (QED) is 0.577. The molecule has 25 heavy (non-hydrogen) atoms. The van der Waals surface area contributed by atoms with Gasteiger partial charge in [0.15, 0.2) is 0 Å². The summed E-state index contributed by atoms with van der Waals surface area (Å²) >= 11 is 0. The largest absolute Gasteiger partial charge is 0.481 e. The zero-order valence-electron chi connectivity index (χ0n) is 14.2. The van der Waals surface area contributed by atoms with Crippen molar-refractivity contribution in [1.82, 2.24) is 10.9 Å². The van der Waals surface area contributed by atoms with E-state index in [2.05, 4.69) is 24.7 Å². The fraction of sp³-hybridized carbons (Fsp3) is 0.421. The Hall–Kier alpha value is -2.63. The van der Waals surface area contributed by atoms with Crippen molar-refractivity contribution in [2.24, 2.45) is 23.7 Å². The van der Waals surface area contributed by atoms with Gasteiger partial charge >= 0.3 is 5.97 Å². The van der Waals surface area contributed by atoms with Crippen LogP contribution in [0, 0.1) is 23.7 Å². The molecule has 6 heteroatoms. The number of carboxylic acid groups (broad SMARTS) is 1. The number of hydrazine groups is 1. The Morgan fingerprint density at radius 1 is 1.00 bits per heavy atom. The molecule has 1 aromatic carbocycles. The van der Waals surface area contributed by atoms with E-state index < -0.39 is 29.6 Å². The number of aliphatic carboxylic acids is 1. The molecule has 4 atom stereocenters. The van der Waals surface area contributed by atoms with Crippen LogP contribution in [0.15, 0.2) is 36.4 Å². The predicted octanol–water partition coefficient (Wildman–Crippen LogP) is 2.09. The lowest BCUT2D eigenvalue weighted by Gasteiger charge is -2.23. The third-order valence-corrected chi connectivity index (χ3v) is 5.19. The van der Waals surface area contributed by atoms with Crippen LogP contribution in [-0.2, 0) is 9.59 Å². The van der Waals surface area contributed by atoms with Gasteiger partial charge < -0.3 is 5.11 Å². The van der Waals surface area contributed by atoms with Gasteiger partial charge in [-0.25, -0.2) is 0 Å². The number of hydrogen-bond donors (Lipinski definition) is 3. The van der Waals surface area contributed by atoms with Crippen LogP contribution in [0.5, 0.6) is 0 Å². The number of hydrogen-bond acceptors (Lipinski definition) is 3. The summed E-state index contributed by atoms with van der Waals surface area (Å²) in [6.45, 7) is 4.13. The third-order valence-electron chi connectivity index (χ3n) is 5.19. The Labute approximate surface area is 146 Å². The average Bonchev–Trinajstić information content (AvgIpc) is 3.20. The second kappa shape index (κ2) is 6.70. The fourth-order valence-corrected chi connectivity index (χ4v) is 3.81. The number of carbonyl (C=O) groups is 3. The van der Waals surface area contributed by atoms with Gasteiger partial charge in [-0.1, -0.05) is 38.1 Å². The number of carboxylic acids is 1. The molecule has 2 aliphatic rings. The van der Waals surface area contributed by atoms with Crippen molar-refractivity contribution in [3.8, 4) is 0 Å². The van der Waals surface area contributed by atoms with Crippen LogP contribution < -0.4 is 10.9 Å². The average molecular weight is 342 g/mol. The van der Waals surface area contributed by atoms with E-state index >= 15 is 0 Å². The van der Waals surface area contributed by atoms with Crippen molar-refractivity contribution in [3.63, 3.8) is 0 Å². The highest BCUT2D eigenvalue weighted by Gasteiger charge is 2.51. The second-order valence-corrected chi connectivity index (χ2v) is 7.06. The Kier molecular flexibility index (Phi) is 4.61. The Bertz CT molecular complexity index is 723. The molecule has 0 radical (unpaired) electrons. The Morgan fingerprint density at radius 3 is 2.16 bits per heavy atom. The monoisotopic (exact) mass is 342 g/mol. The summed E-state index contributed by atoms with van der Waals surface area (Å²) in [6, 6.07) is 7.17. The Balaban J connectivity index is 1.61. The van der Waals surface area contributed by atoms with Crippen LogP contribution >= 0.6 is 0 Å². The minimum Gasteiger partial charge on any atom is -0.481 e. The molecule has 3 N–H and O–H groups in total. The molecule has 2 amide bonds. The topological polar surface area (TPSA) is 95.5 Å². The maximum atomic E-state index is 12.4. The molecule has 0 saturated heterocycles. The summed E-state index contributed by atoms with van der Waals surface area (Å²) in [7, 11) is 0. The van der Waals surface area contributed by atoms with Crippen molar-refractivity contribution in [3.05, 3.63) is 47.5 Å². The van der Waals surface area contributed by atoms with Crippen molar-refractivity contribution < 1.29 is 19.5 Å². The first-order chi connectivity index (χ1) is 11.9. The summed E-state index contributed by atoms with van der Waals surface area (Å²) in [5.74, 6) is -3.01. The number of nitrogens with one attached hydrogen (secondary N) is 2. The highest BCUT2D eigenvalue weighted by molar-refractivity contribution is 5.96. The van der Waals surface area contributed by atoms with Crippen LogP contribution in [0.2, 0.25) is 0 Å². The van der Waals surface area contributed by atoms with Crippen molar-refractivity contribution in [2.75, 3.05) is 0 Å². The molecule has 0 aliphatic heterocycles. The van der Waals surface area contributed by atoms with Gasteiger partial charge in [0.2, 0.25) is 5.91 Å². The number of carbonyl (C=O) groups excluding carboxylic acids is 2. The molecule has 1 saturated carbocycles. The van der Waals surface area contributed by atoms with Gasteiger partial charge in [0.25, 0.3) is 5.91 Å². The van der Waals surface area contributed by atoms with Crippen LogP contribution in [-0.4, -0.2) is 22.9 Å². The summed E-state index contributed by atoms with van der Waals surface area (Å²) < 4.78 is 0. The Morgan fingerprint density at radius 2 is 1.60 bits per heavy atom. The summed E-state index contributed by atoms with van der Waals surface area (Å²) in [5, 5.41) is 9.38. The van der Waals surface area contributed by atoms with Gasteiger partial charge in [0.05, 0.1) is 11.8 Å². The van der Waals surface area contributed by atoms with E-state index in [1.807, 2.05) is 24.3 Å². The van der Waals surface area contributed by atoms with Gasteiger partial charge in [0, 0.05) is 5.56 Å². The summed E-state index contributed by atoms with van der Waals surface area (Å²) in [4.78, 5) is 36.0. The lowest BCUT2D eigenvalue weighted by Crippen LogP contribution is -2.48. The maximum Gasteiger partial charge on any atom is 0.307 e. The molecular formula is C19H22N2O4. The highest BCUT2D eigenvalue weighted by atomic mass is 16.4. The molecule has 0 aromatic heterocycles. The van der Waals surface area contributed by atoms with Crippen molar-refractivity contribution in [1.29, 1.82) is 0 Å². The number of allylic oxidation sites excluding steroid dienone is 2. The molecule has 132 valence electrons. The van der Waals surface area contributed by atoms with E-state index in [9.17, 15) is 19.5 Å². The first-order valence-electron chi connectivity index (χ1n) is 8.49. The van der Waals surface area contributed by atoms with Gasteiger partial charge in [-0.15, -0.1) is 0 Å². The predicted molar refractivity (Wildman–Crippen MR) is 91.5 cm³/mol. The maximum absolute atomic E-state index is 12.4. The van der Waals surface area contributed by atoms with E-state index in [4.69, 9.17) is 0 Å². The molecule has 1 aromatic rings. The SMILES string of the molecule is CC(C)c1ccc(C(=O)NNC(=O)[C@H]2[C@H](C(=O)O)[C@H]3C=C[C@H]2C3)cc1. The van der Waals surface area contributed by atoms with E-state index in [0.717, 1.165) is 5.56 Å². The van der Waals surface area contributed by atoms with Gasteiger partial charge in [-0.3, -0.25) is 25.2 Å². The fourth-order valence-electron chi connectivity index (χ4n) is 3.81. The van der Waals surface area contributed by atoms with E-state index in [0.29, 0.717) is 17.9 Å². The molecule has 1 fully saturated rings. The standard InChI is InChI=1S/C19H22N2O4/c1-10(2)11-3-5-12(6-4-11)17(22)20-21-18(23)15-13-7-8-14(9-13)16(15)19(24)25/h3-8,10,13-16H,9H2,1-2H3,(H,20,22)(H,21,23)(H,24,25)/t13-,14-,15+,16+/m0/s1. The minimum atomic E-state index is -0.965. The number of benzene rings is 1. The van der Waals surface area contributed by atoms with Crippen molar-refractivity contribution in [2.45, 2.75) is 26.2 Å². The van der Waals surface area contributed by atoms with Crippen LogP contribution in [0.4, 0.5) is 0 Å². The van der Waals surface area contributed by atoms with E-state index in [1.54, 1.807) is 12.1 Å². The first-order valence-corrected chi connectivity index (χ1v) is 8.49. The molecular weight excluding hydrogens is 320 g/mol. The van der Waals surface area contributed by atoms with Gasteiger partial charge in [0.1, 0.15) is 0 Å². The molecule has 0 spiro atoms. The summed E-state index contributed by atoms with van der Waals surface area (Å²) in [5.41, 5.74) is 6.34. The zero-order valence-corrected chi connectivity index (χ0v) is 14.2. The zero-order chi connectivity index (χ0) is 18.1. The third kappa shape index (κ3) is 3.29. The molecule has 3 rings (SSSR count). The highest BCUT2D eigenvalue weighted by Crippen LogP contribution is 2.48. The van der Waals surface area contributed by atoms with Crippen LogP contribution in [0.3, 0.4) is 0 Å². The number of fused-ring (bicyclic) bond motifs is 2. The molecule has 6 nitrogen and oxygen atoms in total. The molecule has 0 unspecified atom stereocenters. The number of amides is 2. The molecule has 2 bridgehead atoms. The van der Waals surface area contributed by atoms with Crippen LogP contribution in [0.1, 0.15) is 42.1 Å². The van der Waals surface area contributed by atoms with Gasteiger partial charge in [-0.05, 0) is 41.9 Å². The first kappa shape index (κ1) is 17.2. The van der Waals surface area contributed by atoms with E-state index in [1.165, 1.54) is 0 Å². The summed E-state index contributed by atoms with van der Waals surface area (Å²) in [6.07, 6.45) is 4.46. The van der Waals surface area contributed by atoms with Crippen LogP contribution in [0.25, 0.3) is 0 Å². The molecule has 2 aliphatic carbocycles. The lowest BCUT2D eigenvalue weighted by molar-refractivity contribution is -0.148. The van der Waals surface area contributed by atoms with E-state index in [-0.39, 0.29) is 11.8 Å². The van der Waals surface area contributed by atoms with Gasteiger partial charge in [-0.2, -0.15) is 0 Å². The minimum absolute atomic E-state index is 0.0756. The van der Waals surface area contributed by atoms with Crippen molar-refractivity contribution >= 4 is 17.8 Å². The normalized spacial score (nSPS) is 26.7.